The van der Waals surface area contributed by atoms with E-state index >= 15 is 0 Å². The molecule has 0 atom stereocenters. The molecule has 0 radical (unpaired) electrons. The molecule has 6 nitrogen and oxygen atoms in total. The van der Waals surface area contributed by atoms with Crippen molar-refractivity contribution < 1.29 is 21.6 Å². The van der Waals surface area contributed by atoms with Crippen LogP contribution in [0.15, 0.2) is 51.1 Å². The Hall–Kier alpha value is -1.45. The molecule has 164 valence electrons. The van der Waals surface area contributed by atoms with Crippen molar-refractivity contribution in [2.45, 2.75) is 60.3 Å². The molecular weight excluding hydrogens is 446 g/mol. The summed E-state index contributed by atoms with van der Waals surface area (Å²) < 4.78 is 60.9. The predicted molar refractivity (Wildman–Crippen MR) is 116 cm³/mol. The van der Waals surface area contributed by atoms with Crippen LogP contribution in [-0.2, 0) is 24.6 Å². The Morgan fingerprint density at radius 2 is 1.70 bits per heavy atom. The van der Waals surface area contributed by atoms with Gasteiger partial charge in [-0.3, -0.25) is 0 Å². The zero-order valence-corrected chi connectivity index (χ0v) is 19.6. The van der Waals surface area contributed by atoms with Crippen LogP contribution in [0.1, 0.15) is 43.7 Å². The van der Waals surface area contributed by atoms with Crippen molar-refractivity contribution >= 4 is 31.5 Å². The maximum absolute atomic E-state index is 13.3. The van der Waals surface area contributed by atoms with Crippen LogP contribution in [0.2, 0.25) is 5.02 Å². The maximum atomic E-state index is 13.3. The topological polar surface area (TPSA) is 89.5 Å². The Morgan fingerprint density at radius 3 is 2.33 bits per heavy atom. The van der Waals surface area contributed by atoms with Crippen LogP contribution in [0, 0.1) is 6.92 Å². The van der Waals surface area contributed by atoms with Crippen molar-refractivity contribution in [1.29, 1.82) is 0 Å². The summed E-state index contributed by atoms with van der Waals surface area (Å²) in [6.45, 7) is 6.36. The Labute approximate surface area is 183 Å². The normalized spacial score (nSPS) is 16.2. The average molecular weight is 472 g/mol. The molecule has 0 spiro atoms. The summed E-state index contributed by atoms with van der Waals surface area (Å²) in [7, 11) is -7.86. The smallest absolute Gasteiger partial charge is 0.241 e. The van der Waals surface area contributed by atoms with Gasteiger partial charge in [-0.05, 0) is 61.1 Å². The highest BCUT2D eigenvalue weighted by Gasteiger charge is 2.28. The number of benzene rings is 2. The molecule has 1 aliphatic heterocycles. The monoisotopic (exact) mass is 471 g/mol. The van der Waals surface area contributed by atoms with Crippen LogP contribution < -0.4 is 4.72 Å². The van der Waals surface area contributed by atoms with Gasteiger partial charge in [-0.25, -0.2) is 21.6 Å². The third-order valence-electron chi connectivity index (χ3n) is 5.26. The van der Waals surface area contributed by atoms with Gasteiger partial charge >= 0.3 is 0 Å². The molecule has 9 heteroatoms. The first kappa shape index (κ1) is 23.2. The number of rotatable bonds is 6. The largest absolute Gasteiger partial charge is 0.381 e. The third-order valence-corrected chi connectivity index (χ3v) is 9.14. The second kappa shape index (κ2) is 8.96. The van der Waals surface area contributed by atoms with Gasteiger partial charge < -0.3 is 4.74 Å². The zero-order valence-electron chi connectivity index (χ0n) is 17.2. The summed E-state index contributed by atoms with van der Waals surface area (Å²) in [5, 5.41) is 0.337. The van der Waals surface area contributed by atoms with Gasteiger partial charge in [0.25, 0.3) is 0 Å². The van der Waals surface area contributed by atoms with Crippen LogP contribution in [0.3, 0.4) is 0 Å². The molecule has 2 aromatic rings. The van der Waals surface area contributed by atoms with Gasteiger partial charge in [-0.2, -0.15) is 0 Å². The predicted octanol–water partition coefficient (Wildman–Crippen LogP) is 4.06. The second-order valence-corrected chi connectivity index (χ2v) is 11.7. The zero-order chi connectivity index (χ0) is 22.1. The summed E-state index contributed by atoms with van der Waals surface area (Å²) in [5.41, 5.74) is 0.994. The summed E-state index contributed by atoms with van der Waals surface area (Å²) >= 11 is 6.11. The van der Waals surface area contributed by atoms with Gasteiger partial charge in [0.1, 0.15) is 0 Å². The van der Waals surface area contributed by atoms with Gasteiger partial charge in [-0.15, -0.1) is 0 Å². The summed E-state index contributed by atoms with van der Waals surface area (Å²) in [6.07, 6.45) is 1.16. The van der Waals surface area contributed by atoms with E-state index in [-0.39, 0.29) is 26.6 Å². The minimum absolute atomic E-state index is 0.00949. The van der Waals surface area contributed by atoms with Gasteiger partial charge in [0.15, 0.2) is 0 Å². The molecule has 30 heavy (non-hydrogen) atoms. The first-order valence-corrected chi connectivity index (χ1v) is 13.1. The number of sulfonamides is 1. The number of nitrogens with one attached hydrogen (secondary N) is 1. The van der Waals surface area contributed by atoms with E-state index in [1.54, 1.807) is 25.1 Å². The fraction of sp³-hybridized carbons (Fsp3) is 0.429. The summed E-state index contributed by atoms with van der Waals surface area (Å²) in [6, 6.07) is 8.71. The molecule has 3 rings (SSSR count). The highest BCUT2D eigenvalue weighted by Crippen LogP contribution is 2.32. The molecule has 0 aromatic heterocycles. The lowest BCUT2D eigenvalue weighted by Crippen LogP contribution is -2.39. The van der Waals surface area contributed by atoms with Crippen molar-refractivity contribution in [3.05, 3.63) is 52.5 Å². The quantitative estimate of drug-likeness (QED) is 0.686. The minimum Gasteiger partial charge on any atom is -0.381 e. The minimum atomic E-state index is -3.95. The third kappa shape index (κ3) is 4.73. The lowest BCUT2D eigenvalue weighted by Gasteiger charge is -2.24. The van der Waals surface area contributed by atoms with Crippen LogP contribution >= 0.6 is 11.6 Å². The van der Waals surface area contributed by atoms with Crippen molar-refractivity contribution in [1.82, 2.24) is 4.72 Å². The average Bonchev–Trinajstić information content (AvgIpc) is 2.69. The van der Waals surface area contributed by atoms with Crippen LogP contribution in [0.4, 0.5) is 0 Å². The first-order chi connectivity index (χ1) is 14.0. The molecule has 0 saturated carbocycles. The van der Waals surface area contributed by atoms with E-state index in [9.17, 15) is 16.8 Å². The van der Waals surface area contributed by atoms with Crippen LogP contribution in [0.25, 0.3) is 0 Å². The van der Waals surface area contributed by atoms with E-state index in [1.165, 1.54) is 18.2 Å². The number of hydrogen-bond donors (Lipinski definition) is 1. The van der Waals surface area contributed by atoms with Gasteiger partial charge in [-0.1, -0.05) is 37.6 Å². The molecule has 1 fully saturated rings. The fourth-order valence-corrected chi connectivity index (χ4v) is 7.04. The van der Waals surface area contributed by atoms with E-state index in [1.807, 2.05) is 13.8 Å². The van der Waals surface area contributed by atoms with Crippen LogP contribution in [0.5, 0.6) is 0 Å². The van der Waals surface area contributed by atoms with E-state index in [4.69, 9.17) is 16.3 Å². The van der Waals surface area contributed by atoms with Gasteiger partial charge in [0, 0.05) is 24.3 Å². The van der Waals surface area contributed by atoms with Crippen molar-refractivity contribution in [2.24, 2.45) is 0 Å². The molecule has 2 aromatic carbocycles. The number of ether oxygens (including phenoxy) is 1. The van der Waals surface area contributed by atoms with Crippen molar-refractivity contribution in [2.75, 3.05) is 13.2 Å². The van der Waals surface area contributed by atoms with Crippen molar-refractivity contribution in [3.63, 3.8) is 0 Å². The molecule has 1 heterocycles. The Morgan fingerprint density at radius 1 is 1.03 bits per heavy atom. The Bertz CT molecular complexity index is 1140. The highest BCUT2D eigenvalue weighted by molar-refractivity contribution is 7.91. The Kier molecular flexibility index (Phi) is 6.94. The fourth-order valence-electron chi connectivity index (χ4n) is 3.50. The standard InChI is InChI=1S/C21H26ClNO5S2/c1-14(2)18-8-7-17(29(24,25)20-6-4-5-19(22)15(20)3)13-21(18)30(26,27)23-16-9-11-28-12-10-16/h4-8,13-14,16,23H,9-12H2,1-3H3. The summed E-state index contributed by atoms with van der Waals surface area (Å²) in [5.74, 6) is -0.101. The Balaban J connectivity index is 2.10. The number of hydrogen-bond acceptors (Lipinski definition) is 5. The molecule has 1 aliphatic rings. The highest BCUT2D eigenvalue weighted by atomic mass is 35.5. The van der Waals surface area contributed by atoms with E-state index in [0.717, 1.165) is 0 Å². The van der Waals surface area contributed by atoms with Gasteiger partial charge in [0.05, 0.1) is 14.7 Å². The molecule has 0 amide bonds. The van der Waals surface area contributed by atoms with Crippen molar-refractivity contribution in [3.8, 4) is 0 Å². The molecular formula is C21H26ClNO5S2. The lowest BCUT2D eigenvalue weighted by molar-refractivity contribution is 0.0832. The van der Waals surface area contributed by atoms with E-state index in [2.05, 4.69) is 4.72 Å². The molecule has 0 aliphatic carbocycles. The molecule has 0 bridgehead atoms. The number of halogens is 1. The SMILES string of the molecule is Cc1c(Cl)cccc1S(=O)(=O)c1ccc(C(C)C)c(S(=O)(=O)NC2CCOCC2)c1. The van der Waals surface area contributed by atoms with Crippen LogP contribution in [-0.4, -0.2) is 36.1 Å². The lowest BCUT2D eigenvalue weighted by atomic mass is 10.0. The first-order valence-electron chi connectivity index (χ1n) is 9.78. The second-order valence-electron chi connectivity index (χ2n) is 7.73. The molecule has 1 N–H and O–H groups in total. The summed E-state index contributed by atoms with van der Waals surface area (Å²) in [4.78, 5) is -0.0256. The maximum Gasteiger partial charge on any atom is 0.241 e. The van der Waals surface area contributed by atoms with E-state index < -0.39 is 19.9 Å². The van der Waals surface area contributed by atoms with Gasteiger partial charge in [0.2, 0.25) is 19.9 Å². The molecule has 0 unspecified atom stereocenters. The van der Waals surface area contributed by atoms with E-state index in [0.29, 0.717) is 42.2 Å². The molecule has 1 saturated heterocycles. The number of sulfone groups is 1.